The van der Waals surface area contributed by atoms with Gasteiger partial charge in [-0.3, -0.25) is 13.9 Å². The lowest BCUT2D eigenvalue weighted by Gasteiger charge is -2.33. The first kappa shape index (κ1) is 34.9. The van der Waals surface area contributed by atoms with Crippen LogP contribution >= 0.6 is 11.6 Å². The van der Waals surface area contributed by atoms with Crippen molar-refractivity contribution in [1.29, 1.82) is 0 Å². The summed E-state index contributed by atoms with van der Waals surface area (Å²) in [6, 6.07) is 14.7. The summed E-state index contributed by atoms with van der Waals surface area (Å²) < 4.78 is 70.0. The molecule has 0 heterocycles. The zero-order valence-electron chi connectivity index (χ0n) is 25.3. The lowest BCUT2D eigenvalue weighted by molar-refractivity contribution is -0.140. The monoisotopic (exact) mass is 651 g/mol. The van der Waals surface area contributed by atoms with E-state index in [0.717, 1.165) is 23.3 Å². The van der Waals surface area contributed by atoms with E-state index in [1.54, 1.807) is 38.1 Å². The number of hydrogen-bond donors (Lipinski definition) is 1. The maximum Gasteiger partial charge on any atom is 0.417 e. The summed E-state index contributed by atoms with van der Waals surface area (Å²) in [7, 11) is -4.55. The summed E-state index contributed by atoms with van der Waals surface area (Å²) in [5.41, 5.74) is 0.733. The lowest BCUT2D eigenvalue weighted by Crippen LogP contribution is -2.52. The third-order valence-corrected chi connectivity index (χ3v) is 9.05. The molecule has 7 nitrogen and oxygen atoms in total. The Hall–Kier alpha value is -3.57. The maximum atomic E-state index is 14.1. The number of carbonyl (C=O) groups excluding carboxylic acids is 2. The molecule has 1 N–H and O–H groups in total. The molecule has 0 saturated heterocycles. The molecule has 1 unspecified atom stereocenters. The normalized spacial score (nSPS) is 12.6. The van der Waals surface area contributed by atoms with Crippen LogP contribution in [0.25, 0.3) is 0 Å². The number of amides is 2. The summed E-state index contributed by atoms with van der Waals surface area (Å²) in [6.45, 7) is 8.67. The average molecular weight is 652 g/mol. The number of rotatable bonds is 12. The van der Waals surface area contributed by atoms with Crippen molar-refractivity contribution in [2.24, 2.45) is 5.92 Å². The van der Waals surface area contributed by atoms with Gasteiger partial charge in [0.25, 0.3) is 10.0 Å². The van der Waals surface area contributed by atoms with Gasteiger partial charge in [-0.15, -0.1) is 0 Å². The molecule has 2 amide bonds. The highest BCUT2D eigenvalue weighted by Crippen LogP contribution is 2.38. The van der Waals surface area contributed by atoms with Gasteiger partial charge in [-0.1, -0.05) is 79.9 Å². The molecule has 0 bridgehead atoms. The van der Waals surface area contributed by atoms with Crippen molar-refractivity contribution in [3.63, 3.8) is 0 Å². The Labute approximate surface area is 262 Å². The molecule has 0 aliphatic heterocycles. The summed E-state index contributed by atoms with van der Waals surface area (Å²) in [5, 5.41) is 2.22. The van der Waals surface area contributed by atoms with E-state index in [-0.39, 0.29) is 23.8 Å². The Morgan fingerprint density at radius 1 is 0.955 bits per heavy atom. The molecule has 0 saturated carbocycles. The van der Waals surface area contributed by atoms with Gasteiger partial charge in [0.05, 0.1) is 21.2 Å². The number of nitrogens with zero attached hydrogens (tertiary/aromatic N) is 2. The second-order valence-corrected chi connectivity index (χ2v) is 13.3. The van der Waals surface area contributed by atoms with E-state index in [9.17, 15) is 31.2 Å². The van der Waals surface area contributed by atoms with Gasteiger partial charge in [-0.25, -0.2) is 8.42 Å². The molecule has 12 heteroatoms. The average Bonchev–Trinajstić information content (AvgIpc) is 2.94. The molecule has 0 fully saturated rings. The van der Waals surface area contributed by atoms with E-state index in [0.29, 0.717) is 22.5 Å². The minimum atomic E-state index is -4.88. The quantitative estimate of drug-likeness (QED) is 0.235. The smallest absolute Gasteiger partial charge is 0.354 e. The molecular formula is C32H37ClF3N3O4S. The van der Waals surface area contributed by atoms with E-state index in [1.807, 2.05) is 32.9 Å². The van der Waals surface area contributed by atoms with Gasteiger partial charge >= 0.3 is 6.18 Å². The highest BCUT2D eigenvalue weighted by Gasteiger charge is 2.37. The molecule has 3 aromatic rings. The third kappa shape index (κ3) is 8.75. The van der Waals surface area contributed by atoms with Crippen molar-refractivity contribution in [1.82, 2.24) is 10.2 Å². The van der Waals surface area contributed by atoms with E-state index in [4.69, 9.17) is 11.6 Å². The number of halogens is 4. The molecule has 238 valence electrons. The topological polar surface area (TPSA) is 86.8 Å². The number of carbonyl (C=O) groups is 2. The number of benzene rings is 3. The van der Waals surface area contributed by atoms with Crippen molar-refractivity contribution in [2.75, 3.05) is 17.4 Å². The number of sulfonamides is 1. The Morgan fingerprint density at radius 2 is 1.61 bits per heavy atom. The van der Waals surface area contributed by atoms with E-state index >= 15 is 0 Å². The fraction of sp³-hybridized carbons (Fsp3) is 0.375. The van der Waals surface area contributed by atoms with Crippen LogP contribution in [0.15, 0.2) is 71.6 Å². The summed E-state index contributed by atoms with van der Waals surface area (Å²) in [5.74, 6) is -1.04. The lowest BCUT2D eigenvalue weighted by atomic mass is 10.1. The van der Waals surface area contributed by atoms with Crippen LogP contribution in [0.3, 0.4) is 0 Å². The van der Waals surface area contributed by atoms with Crippen LogP contribution in [0.1, 0.15) is 49.4 Å². The first-order valence-electron chi connectivity index (χ1n) is 14.1. The highest BCUT2D eigenvalue weighted by atomic mass is 35.5. The molecule has 0 radical (unpaired) electrons. The Kier molecular flexibility index (Phi) is 11.5. The molecule has 3 aromatic carbocycles. The zero-order valence-corrected chi connectivity index (χ0v) is 26.9. The first-order chi connectivity index (χ1) is 20.5. The Balaban J connectivity index is 2.14. The van der Waals surface area contributed by atoms with Gasteiger partial charge in [0, 0.05) is 13.1 Å². The van der Waals surface area contributed by atoms with Crippen LogP contribution in [0, 0.1) is 19.8 Å². The van der Waals surface area contributed by atoms with Crippen molar-refractivity contribution >= 4 is 39.1 Å². The van der Waals surface area contributed by atoms with Crippen LogP contribution in [0.4, 0.5) is 18.9 Å². The maximum absolute atomic E-state index is 14.1. The largest absolute Gasteiger partial charge is 0.417 e. The molecule has 0 aliphatic rings. The molecule has 0 spiro atoms. The van der Waals surface area contributed by atoms with Gasteiger partial charge < -0.3 is 10.2 Å². The van der Waals surface area contributed by atoms with Crippen LogP contribution in [0.5, 0.6) is 0 Å². The summed E-state index contributed by atoms with van der Waals surface area (Å²) in [6.07, 6.45) is -4.67. The van der Waals surface area contributed by atoms with Crippen LogP contribution in [-0.2, 0) is 32.3 Å². The van der Waals surface area contributed by atoms with E-state index in [1.165, 1.54) is 17.0 Å². The SMILES string of the molecule is CCC(C(=O)NCC(C)C)N(Cc1cccc(C)c1)C(=O)CN(c1ccc(Cl)c(C(F)(F)F)c1)S(=O)(=O)c1ccc(C)cc1. The highest BCUT2D eigenvalue weighted by molar-refractivity contribution is 7.92. The Bertz CT molecular complexity index is 1580. The number of hydrogen-bond acceptors (Lipinski definition) is 4. The fourth-order valence-corrected chi connectivity index (χ4v) is 6.23. The summed E-state index contributed by atoms with van der Waals surface area (Å²) in [4.78, 5) is 28.5. The molecule has 44 heavy (non-hydrogen) atoms. The molecule has 1 atom stereocenters. The van der Waals surface area contributed by atoms with Crippen molar-refractivity contribution in [3.8, 4) is 0 Å². The van der Waals surface area contributed by atoms with Gasteiger partial charge in [-0.2, -0.15) is 13.2 Å². The number of aryl methyl sites for hydroxylation is 2. The van der Waals surface area contributed by atoms with Crippen molar-refractivity contribution in [3.05, 3.63) is 94.0 Å². The molecule has 0 aromatic heterocycles. The fourth-order valence-electron chi connectivity index (χ4n) is 4.60. The predicted octanol–water partition coefficient (Wildman–Crippen LogP) is 6.75. The molecule has 3 rings (SSSR count). The second kappa shape index (κ2) is 14.5. The number of nitrogens with one attached hydrogen (secondary N) is 1. The van der Waals surface area contributed by atoms with E-state index < -0.39 is 56.9 Å². The number of anilines is 1. The van der Waals surface area contributed by atoms with Crippen LogP contribution < -0.4 is 9.62 Å². The van der Waals surface area contributed by atoms with Gasteiger partial charge in [0.1, 0.15) is 12.6 Å². The van der Waals surface area contributed by atoms with Crippen molar-refractivity contribution < 1.29 is 31.2 Å². The zero-order chi connectivity index (χ0) is 32.8. The van der Waals surface area contributed by atoms with Crippen LogP contribution in [0.2, 0.25) is 5.02 Å². The second-order valence-electron chi connectivity index (χ2n) is 11.1. The minimum absolute atomic E-state index is 0.0268. The summed E-state index contributed by atoms with van der Waals surface area (Å²) >= 11 is 5.83. The van der Waals surface area contributed by atoms with Gasteiger partial charge in [-0.05, 0) is 62.1 Å². The molecule has 0 aliphatic carbocycles. The Morgan fingerprint density at radius 3 is 2.18 bits per heavy atom. The standard InChI is InChI=1S/C32H37ClF3N3O4S/c1-6-29(31(41)37-18-21(2)3)38(19-24-9-7-8-23(5)16-24)30(40)20-39(44(42,43)26-13-10-22(4)11-14-26)25-12-15-28(33)27(17-25)32(34,35)36/h7-17,21,29H,6,18-20H2,1-5H3,(H,37,41). The van der Waals surface area contributed by atoms with Gasteiger partial charge in [0.2, 0.25) is 11.8 Å². The minimum Gasteiger partial charge on any atom is -0.354 e. The van der Waals surface area contributed by atoms with E-state index in [2.05, 4.69) is 5.32 Å². The van der Waals surface area contributed by atoms with Crippen LogP contribution in [-0.4, -0.2) is 44.3 Å². The molecular weight excluding hydrogens is 615 g/mol. The van der Waals surface area contributed by atoms with Crippen molar-refractivity contribution in [2.45, 2.75) is 64.7 Å². The third-order valence-electron chi connectivity index (χ3n) is 6.94. The van der Waals surface area contributed by atoms with Gasteiger partial charge in [0.15, 0.2) is 0 Å². The first-order valence-corrected chi connectivity index (χ1v) is 15.9. The predicted molar refractivity (Wildman–Crippen MR) is 166 cm³/mol. The number of alkyl halides is 3.